The number of carboxylic acid groups (broad SMARTS) is 1. The zero-order chi connectivity index (χ0) is 41.5. The Morgan fingerprint density at radius 2 is 1.44 bits per heavy atom. The number of carbonyl (C=O) groups excluding carboxylic acids is 1. The van der Waals surface area contributed by atoms with E-state index in [0.717, 1.165) is 23.2 Å². The van der Waals surface area contributed by atoms with Gasteiger partial charge in [0.2, 0.25) is 0 Å². The van der Waals surface area contributed by atoms with Crippen LogP contribution in [-0.4, -0.2) is 95.3 Å². The SMILES string of the molecule is CN(CCn1ccc2ncnc(Cl)c21)C(=O)OC(C)(C)C.CN(CCn1ccc2ncnc(Nc3ccc(Oc4cccc(OC(F)(F)F)c4)c(Cl)c3)c21)C(=O)O. The van der Waals surface area contributed by atoms with Gasteiger partial charge in [-0.05, 0) is 63.2 Å². The number of nitrogens with one attached hydrogen (secondary N) is 1. The topological polar surface area (TPSA) is 162 Å². The second kappa shape index (κ2) is 17.8. The van der Waals surface area contributed by atoms with E-state index in [2.05, 4.69) is 30.0 Å². The number of rotatable bonds is 11. The molecule has 6 rings (SSSR count). The molecule has 0 saturated heterocycles. The average molecular weight is 833 g/mol. The van der Waals surface area contributed by atoms with Crippen LogP contribution in [0, 0.1) is 0 Å². The molecule has 20 heteroatoms. The van der Waals surface area contributed by atoms with E-state index in [1.54, 1.807) is 37.5 Å². The molecule has 0 aliphatic carbocycles. The highest BCUT2D eigenvalue weighted by atomic mass is 35.5. The Morgan fingerprint density at radius 1 is 0.825 bits per heavy atom. The molecular formula is C37H38Cl2F3N9O6. The first-order valence-corrected chi connectivity index (χ1v) is 17.9. The monoisotopic (exact) mass is 831 g/mol. The van der Waals surface area contributed by atoms with Gasteiger partial charge in [-0.25, -0.2) is 29.5 Å². The number of nitrogens with zero attached hydrogens (tertiary/aromatic N) is 8. The summed E-state index contributed by atoms with van der Waals surface area (Å²) in [6, 6.07) is 13.6. The van der Waals surface area contributed by atoms with Crippen LogP contribution < -0.4 is 14.8 Å². The third-order valence-corrected chi connectivity index (χ3v) is 8.47. The van der Waals surface area contributed by atoms with Gasteiger partial charge >= 0.3 is 18.5 Å². The number of fused-ring (bicyclic) bond motifs is 2. The summed E-state index contributed by atoms with van der Waals surface area (Å²) in [5, 5.41) is 12.8. The number of likely N-dealkylation sites (N-methyl/N-ethyl adjacent to an activating group) is 2. The molecule has 4 heterocycles. The van der Waals surface area contributed by atoms with Crippen molar-refractivity contribution in [1.82, 2.24) is 38.9 Å². The van der Waals surface area contributed by atoms with Crippen molar-refractivity contribution < 1.29 is 42.1 Å². The summed E-state index contributed by atoms with van der Waals surface area (Å²) < 4.78 is 56.0. The number of hydrogen-bond acceptors (Lipinski definition) is 10. The van der Waals surface area contributed by atoms with Gasteiger partial charge in [0.25, 0.3) is 0 Å². The van der Waals surface area contributed by atoms with Gasteiger partial charge in [-0.2, -0.15) is 0 Å². The number of halogens is 5. The van der Waals surface area contributed by atoms with Gasteiger partial charge in [-0.3, -0.25) is 0 Å². The van der Waals surface area contributed by atoms with Crippen LogP contribution in [0.1, 0.15) is 20.8 Å². The molecule has 0 aliphatic heterocycles. The van der Waals surface area contributed by atoms with E-state index in [4.69, 9.17) is 37.8 Å². The summed E-state index contributed by atoms with van der Waals surface area (Å²) in [5.41, 5.74) is 2.97. The highest BCUT2D eigenvalue weighted by molar-refractivity contribution is 6.33. The van der Waals surface area contributed by atoms with E-state index >= 15 is 0 Å². The van der Waals surface area contributed by atoms with Crippen LogP contribution in [0.3, 0.4) is 0 Å². The summed E-state index contributed by atoms with van der Waals surface area (Å²) in [5.74, 6) is 0.393. The molecule has 0 fully saturated rings. The van der Waals surface area contributed by atoms with Gasteiger partial charge in [0.1, 0.15) is 46.5 Å². The number of benzene rings is 2. The quantitative estimate of drug-likeness (QED) is 0.120. The van der Waals surface area contributed by atoms with Gasteiger partial charge in [0, 0.05) is 64.4 Å². The molecule has 302 valence electrons. The Balaban J connectivity index is 0.000000251. The number of alkyl halides is 3. The van der Waals surface area contributed by atoms with Crippen LogP contribution in [0.15, 0.2) is 79.6 Å². The van der Waals surface area contributed by atoms with Crippen molar-refractivity contribution in [2.45, 2.75) is 45.8 Å². The van der Waals surface area contributed by atoms with Crippen LogP contribution in [-0.2, 0) is 17.8 Å². The van der Waals surface area contributed by atoms with E-state index in [1.165, 1.54) is 41.6 Å². The minimum Gasteiger partial charge on any atom is -0.465 e. The summed E-state index contributed by atoms with van der Waals surface area (Å²) >= 11 is 12.5. The van der Waals surface area contributed by atoms with E-state index < -0.39 is 23.8 Å². The van der Waals surface area contributed by atoms with Crippen molar-refractivity contribution in [2.24, 2.45) is 0 Å². The molecule has 0 spiro atoms. The minimum atomic E-state index is -4.82. The van der Waals surface area contributed by atoms with Crippen LogP contribution in [0.2, 0.25) is 10.2 Å². The predicted octanol–water partition coefficient (Wildman–Crippen LogP) is 9.08. The normalized spacial score (nSPS) is 11.5. The highest BCUT2D eigenvalue weighted by Gasteiger charge is 2.31. The number of carbonyl (C=O) groups is 2. The third kappa shape index (κ3) is 11.7. The Bertz CT molecular complexity index is 2350. The fraction of sp³-hybridized carbons (Fsp3) is 0.297. The average Bonchev–Trinajstić information content (AvgIpc) is 3.75. The molecule has 2 amide bonds. The molecule has 57 heavy (non-hydrogen) atoms. The molecule has 0 radical (unpaired) electrons. The molecule has 0 atom stereocenters. The first-order chi connectivity index (χ1) is 26.9. The Kier molecular flexibility index (Phi) is 13.2. The van der Waals surface area contributed by atoms with Gasteiger partial charge in [-0.1, -0.05) is 29.3 Å². The second-order valence-corrected chi connectivity index (χ2v) is 14.1. The van der Waals surface area contributed by atoms with Gasteiger partial charge in [-0.15, -0.1) is 13.2 Å². The minimum absolute atomic E-state index is 0.112. The molecule has 6 aromatic rings. The summed E-state index contributed by atoms with van der Waals surface area (Å²) in [6.07, 6.45) is 0.311. The zero-order valence-corrected chi connectivity index (χ0v) is 32.8. The molecule has 0 unspecified atom stereocenters. The number of hydrogen-bond donors (Lipinski definition) is 2. The zero-order valence-electron chi connectivity index (χ0n) is 31.3. The Morgan fingerprint density at radius 3 is 2.07 bits per heavy atom. The molecule has 15 nitrogen and oxygen atoms in total. The smallest absolute Gasteiger partial charge is 0.465 e. The first-order valence-electron chi connectivity index (χ1n) is 17.1. The van der Waals surface area contributed by atoms with Crippen molar-refractivity contribution in [3.8, 4) is 17.2 Å². The highest BCUT2D eigenvalue weighted by Crippen LogP contribution is 2.35. The number of aromatic nitrogens is 6. The Hall–Kier alpha value is -6.01. The van der Waals surface area contributed by atoms with Crippen molar-refractivity contribution in [3.05, 3.63) is 89.8 Å². The van der Waals surface area contributed by atoms with Gasteiger partial charge < -0.3 is 43.6 Å². The van der Waals surface area contributed by atoms with Gasteiger partial charge in [0.15, 0.2) is 11.0 Å². The van der Waals surface area contributed by atoms with Gasteiger partial charge in [0.05, 0.1) is 16.1 Å². The number of anilines is 2. The maximum absolute atomic E-state index is 12.5. The standard InChI is InChI=1S/C23H19ClF3N5O4.C14H19ClN4O2/c1-31(22(33)34)9-10-32-8-7-18-20(32)21(29-13-28-18)30-14-5-6-19(17(24)11-14)35-15-3-2-4-16(12-15)36-23(25,26)27;1-14(2,3)21-13(20)18(4)7-8-19-6-5-10-11(19)12(15)17-9-16-10/h2-8,11-13H,9-10H2,1H3,(H,33,34)(H,28,29,30);5-6,9H,7-8H2,1-4H3. The van der Waals surface area contributed by atoms with Crippen LogP contribution in [0.25, 0.3) is 22.1 Å². The maximum Gasteiger partial charge on any atom is 0.573 e. The Labute approximate surface area is 334 Å². The first kappa shape index (κ1) is 42.1. The van der Waals surface area contributed by atoms with Crippen LogP contribution >= 0.6 is 23.2 Å². The fourth-order valence-electron chi connectivity index (χ4n) is 5.19. The summed E-state index contributed by atoms with van der Waals surface area (Å²) in [4.78, 5) is 42.4. The lowest BCUT2D eigenvalue weighted by Gasteiger charge is -2.24. The second-order valence-electron chi connectivity index (χ2n) is 13.4. The van der Waals surface area contributed by atoms with Crippen molar-refractivity contribution in [3.63, 3.8) is 0 Å². The van der Waals surface area contributed by atoms with Crippen LogP contribution in [0.5, 0.6) is 17.2 Å². The molecule has 0 saturated carbocycles. The van der Waals surface area contributed by atoms with E-state index in [-0.39, 0.29) is 29.2 Å². The molecule has 0 bridgehead atoms. The number of ether oxygens (including phenoxy) is 3. The summed E-state index contributed by atoms with van der Waals surface area (Å²) in [6.45, 7) is 7.27. The molecular weight excluding hydrogens is 794 g/mol. The summed E-state index contributed by atoms with van der Waals surface area (Å²) in [7, 11) is 3.19. The lowest BCUT2D eigenvalue weighted by molar-refractivity contribution is -0.274. The van der Waals surface area contributed by atoms with Crippen molar-refractivity contribution in [1.29, 1.82) is 0 Å². The van der Waals surface area contributed by atoms with Crippen molar-refractivity contribution in [2.75, 3.05) is 32.5 Å². The molecule has 2 aromatic carbocycles. The molecule has 0 aliphatic rings. The maximum atomic E-state index is 12.5. The van der Waals surface area contributed by atoms with E-state index in [0.29, 0.717) is 47.3 Å². The molecule has 2 N–H and O–H groups in total. The molecule has 4 aromatic heterocycles. The van der Waals surface area contributed by atoms with Crippen molar-refractivity contribution >= 4 is 69.0 Å². The lowest BCUT2D eigenvalue weighted by Crippen LogP contribution is -2.35. The number of amides is 2. The third-order valence-electron chi connectivity index (χ3n) is 7.90. The van der Waals surface area contributed by atoms with Crippen LogP contribution in [0.4, 0.5) is 34.3 Å². The predicted molar refractivity (Wildman–Crippen MR) is 208 cm³/mol. The fourth-order valence-corrected chi connectivity index (χ4v) is 5.66. The van der Waals surface area contributed by atoms with E-state index in [1.807, 2.05) is 42.2 Å². The lowest BCUT2D eigenvalue weighted by atomic mass is 10.2. The largest absolute Gasteiger partial charge is 0.573 e. The van der Waals surface area contributed by atoms with E-state index in [9.17, 15) is 22.8 Å².